The molecule has 1 unspecified atom stereocenters. The Morgan fingerprint density at radius 3 is 1.83 bits per heavy atom. The zero-order valence-electron chi connectivity index (χ0n) is 11.5. The highest BCUT2D eigenvalue weighted by molar-refractivity contribution is 8.05. The molecule has 1 aliphatic heterocycles. The van der Waals surface area contributed by atoms with Gasteiger partial charge in [0.05, 0.1) is 5.84 Å². The standard InChI is InChI=1S/C8H9F6N3O5S2/c1-4-15-3-2-5(16-4)6(18)17(23(19,20)7(9,10)11)24(21,22)8(12,13)14/h5H,2-3H2,1H3,(H,15,16). The van der Waals surface area contributed by atoms with Crippen molar-refractivity contribution in [3.8, 4) is 0 Å². The molecule has 0 aromatic heterocycles. The van der Waals surface area contributed by atoms with E-state index >= 15 is 0 Å². The minimum absolute atomic E-state index is 0.0895. The van der Waals surface area contributed by atoms with Gasteiger partial charge in [-0.2, -0.15) is 43.2 Å². The lowest BCUT2D eigenvalue weighted by Crippen LogP contribution is -2.58. The molecule has 1 rings (SSSR count). The maximum Gasteiger partial charge on any atom is 0.517 e. The first-order valence-electron chi connectivity index (χ1n) is 5.78. The topological polar surface area (TPSA) is 113 Å². The fraction of sp³-hybridized carbons (Fsp3) is 0.750. The number of sulfonamides is 2. The maximum atomic E-state index is 12.5. The maximum absolute atomic E-state index is 12.5. The summed E-state index contributed by atoms with van der Waals surface area (Å²) in [6.45, 7) is 0.960. The van der Waals surface area contributed by atoms with E-state index in [1.165, 1.54) is 6.92 Å². The summed E-state index contributed by atoms with van der Waals surface area (Å²) in [7, 11) is -14.3. The zero-order valence-corrected chi connectivity index (χ0v) is 13.1. The van der Waals surface area contributed by atoms with Crippen molar-refractivity contribution in [1.29, 1.82) is 0 Å². The first-order chi connectivity index (χ1) is 10.5. The molecule has 0 fully saturated rings. The van der Waals surface area contributed by atoms with E-state index in [0.717, 1.165) is 0 Å². The number of alkyl halides is 6. The molecule has 0 saturated carbocycles. The number of amidine groups is 1. The van der Waals surface area contributed by atoms with Gasteiger partial charge in [-0.05, 0) is 13.3 Å². The molecule has 140 valence electrons. The summed E-state index contributed by atoms with van der Waals surface area (Å²) in [6.07, 6.45) is -0.507. The van der Waals surface area contributed by atoms with Crippen LogP contribution in [0.25, 0.3) is 0 Å². The molecule has 1 heterocycles. The lowest BCUT2D eigenvalue weighted by atomic mass is 10.1. The molecule has 0 aromatic carbocycles. The van der Waals surface area contributed by atoms with Gasteiger partial charge in [0.1, 0.15) is 6.04 Å². The molecule has 1 amide bonds. The van der Waals surface area contributed by atoms with Crippen LogP contribution in [0.1, 0.15) is 13.3 Å². The van der Waals surface area contributed by atoms with Crippen molar-refractivity contribution in [2.24, 2.45) is 4.99 Å². The largest absolute Gasteiger partial charge is 0.517 e. The quantitative estimate of drug-likeness (QED) is 0.676. The van der Waals surface area contributed by atoms with E-state index in [1.54, 1.807) is 0 Å². The van der Waals surface area contributed by atoms with Crippen LogP contribution in [0.3, 0.4) is 0 Å². The summed E-state index contributed by atoms with van der Waals surface area (Å²) in [6, 6.07) is -1.95. The normalized spacial score (nSPS) is 20.1. The number of nitrogens with zero attached hydrogens (tertiary/aromatic N) is 2. The predicted octanol–water partition coefficient (Wildman–Crippen LogP) is 0.295. The summed E-state index contributed by atoms with van der Waals surface area (Å²) < 4.78 is 118. The van der Waals surface area contributed by atoms with Gasteiger partial charge >= 0.3 is 31.1 Å². The molecule has 0 aromatic rings. The SMILES string of the molecule is CC1=NCCC(C(=O)N(S(=O)(=O)C(F)(F)F)S(=O)(=O)C(F)(F)F)N1. The van der Waals surface area contributed by atoms with Crippen LogP contribution in [-0.2, 0) is 24.8 Å². The van der Waals surface area contributed by atoms with Gasteiger partial charge in [0.2, 0.25) is 0 Å². The highest BCUT2D eigenvalue weighted by atomic mass is 32.3. The lowest BCUT2D eigenvalue weighted by Gasteiger charge is -2.29. The number of hydrogen-bond donors (Lipinski definition) is 1. The van der Waals surface area contributed by atoms with Crippen LogP contribution in [0.4, 0.5) is 26.3 Å². The summed E-state index contributed by atoms with van der Waals surface area (Å²) >= 11 is 0. The molecule has 0 bridgehead atoms. The van der Waals surface area contributed by atoms with Crippen LogP contribution >= 0.6 is 0 Å². The van der Waals surface area contributed by atoms with Crippen molar-refractivity contribution in [3.63, 3.8) is 0 Å². The van der Waals surface area contributed by atoms with E-state index in [1.807, 2.05) is 5.32 Å². The van der Waals surface area contributed by atoms with Gasteiger partial charge in [0.15, 0.2) is 0 Å². The van der Waals surface area contributed by atoms with E-state index in [2.05, 4.69) is 4.99 Å². The van der Waals surface area contributed by atoms with E-state index < -0.39 is 53.1 Å². The van der Waals surface area contributed by atoms with Gasteiger partial charge in [-0.3, -0.25) is 9.79 Å². The highest BCUT2D eigenvalue weighted by Gasteiger charge is 2.64. The van der Waals surface area contributed by atoms with Crippen molar-refractivity contribution in [1.82, 2.24) is 9.03 Å². The van der Waals surface area contributed by atoms with E-state index in [4.69, 9.17) is 0 Å². The second-order valence-electron chi connectivity index (χ2n) is 4.39. The molecule has 0 spiro atoms. The second kappa shape index (κ2) is 6.05. The average Bonchev–Trinajstić information content (AvgIpc) is 2.35. The Morgan fingerprint density at radius 2 is 1.50 bits per heavy atom. The Kier molecular flexibility index (Phi) is 5.16. The average molecular weight is 405 g/mol. The van der Waals surface area contributed by atoms with Gasteiger partial charge in [0.25, 0.3) is 5.91 Å². The summed E-state index contributed by atoms with van der Waals surface area (Å²) in [5.74, 6) is -2.52. The Balaban J connectivity index is 3.52. The van der Waals surface area contributed by atoms with E-state index in [0.29, 0.717) is 0 Å². The smallest absolute Gasteiger partial charge is 0.362 e. The molecule has 1 atom stereocenters. The monoisotopic (exact) mass is 405 g/mol. The minimum atomic E-state index is -7.15. The van der Waals surface area contributed by atoms with Crippen LogP contribution in [0.15, 0.2) is 4.99 Å². The van der Waals surface area contributed by atoms with Gasteiger partial charge in [0, 0.05) is 6.54 Å². The number of amides is 1. The third-order valence-corrected chi connectivity index (χ3v) is 6.23. The highest BCUT2D eigenvalue weighted by Crippen LogP contribution is 2.35. The molecule has 0 aliphatic carbocycles. The number of hydrogen-bond acceptors (Lipinski definition) is 7. The first-order valence-corrected chi connectivity index (χ1v) is 8.66. The first kappa shape index (κ1) is 20.5. The number of halogens is 6. The number of carbonyl (C=O) groups is 1. The van der Waals surface area contributed by atoms with Crippen LogP contribution in [0.5, 0.6) is 0 Å². The van der Waals surface area contributed by atoms with Crippen molar-refractivity contribution >= 4 is 31.8 Å². The molecule has 1 N–H and O–H groups in total. The molecular weight excluding hydrogens is 396 g/mol. The summed E-state index contributed by atoms with van der Waals surface area (Å²) in [5, 5.41) is 2.04. The van der Waals surface area contributed by atoms with Crippen molar-refractivity contribution < 1.29 is 48.0 Å². The Labute approximate surface area is 131 Å². The van der Waals surface area contributed by atoms with Crippen LogP contribution < -0.4 is 5.32 Å². The number of nitrogens with one attached hydrogen (secondary N) is 1. The molecule has 16 heteroatoms. The predicted molar refractivity (Wildman–Crippen MR) is 66.3 cm³/mol. The molecule has 24 heavy (non-hydrogen) atoms. The molecular formula is C8H9F6N3O5S2. The van der Waals surface area contributed by atoms with E-state index in [-0.39, 0.29) is 12.4 Å². The van der Waals surface area contributed by atoms with Crippen molar-refractivity contribution in [2.45, 2.75) is 30.4 Å². The summed E-state index contributed by atoms with van der Waals surface area (Å²) in [5.41, 5.74) is -12.9. The van der Waals surface area contributed by atoms with Gasteiger partial charge in [-0.15, -0.1) is 3.71 Å². The minimum Gasteiger partial charge on any atom is -0.362 e. The van der Waals surface area contributed by atoms with Crippen LogP contribution in [-0.4, -0.2) is 55.9 Å². The molecule has 0 saturated heterocycles. The van der Waals surface area contributed by atoms with Gasteiger partial charge in [-0.1, -0.05) is 0 Å². The zero-order chi connectivity index (χ0) is 19.1. The van der Waals surface area contributed by atoms with Gasteiger partial charge in [-0.25, -0.2) is 0 Å². The van der Waals surface area contributed by atoms with Crippen LogP contribution in [0.2, 0.25) is 0 Å². The Hall–Kier alpha value is -1.58. The number of rotatable bonds is 3. The second-order valence-corrected chi connectivity index (χ2v) is 8.18. The molecule has 0 radical (unpaired) electrons. The molecule has 8 nitrogen and oxygen atoms in total. The molecule has 1 aliphatic rings. The number of carbonyl (C=O) groups excluding carboxylic acids is 1. The fourth-order valence-electron chi connectivity index (χ4n) is 1.60. The fourth-order valence-corrected chi connectivity index (χ4v) is 4.24. The summed E-state index contributed by atoms with van der Waals surface area (Å²) in [4.78, 5) is 15.5. The lowest BCUT2D eigenvalue weighted by molar-refractivity contribution is -0.127. The number of aliphatic imine (C=N–C) groups is 1. The third-order valence-electron chi connectivity index (χ3n) is 2.65. The Bertz CT molecular complexity index is 710. The van der Waals surface area contributed by atoms with E-state index in [9.17, 15) is 48.0 Å². The third kappa shape index (κ3) is 3.57. The Morgan fingerprint density at radius 1 is 1.08 bits per heavy atom. The van der Waals surface area contributed by atoms with Gasteiger partial charge < -0.3 is 5.32 Å². The van der Waals surface area contributed by atoms with Crippen LogP contribution in [0, 0.1) is 0 Å². The van der Waals surface area contributed by atoms with Crippen molar-refractivity contribution in [3.05, 3.63) is 0 Å². The van der Waals surface area contributed by atoms with Crippen molar-refractivity contribution in [2.75, 3.05) is 6.54 Å².